The molecule has 1 aromatic carbocycles. The van der Waals surface area contributed by atoms with E-state index in [4.69, 9.17) is 16.3 Å². The highest BCUT2D eigenvalue weighted by Crippen LogP contribution is 2.37. The van der Waals surface area contributed by atoms with E-state index in [2.05, 4.69) is 4.98 Å². The summed E-state index contributed by atoms with van der Waals surface area (Å²) in [5.74, 6) is -0.844. The van der Waals surface area contributed by atoms with Crippen LogP contribution in [-0.2, 0) is 20.7 Å². The molecule has 5 nitrogen and oxygen atoms in total. The molecule has 0 aliphatic carbocycles. The Morgan fingerprint density at radius 1 is 1.41 bits per heavy atom. The van der Waals surface area contributed by atoms with Crippen LogP contribution in [0.25, 0.3) is 10.9 Å². The van der Waals surface area contributed by atoms with E-state index in [1.165, 1.54) is 12.0 Å². The minimum absolute atomic E-state index is 0.159. The van der Waals surface area contributed by atoms with Crippen LogP contribution in [0.1, 0.15) is 24.2 Å². The van der Waals surface area contributed by atoms with Crippen molar-refractivity contribution < 1.29 is 14.3 Å². The number of esters is 1. The van der Waals surface area contributed by atoms with Gasteiger partial charge in [-0.25, -0.2) is 4.79 Å². The minimum atomic E-state index is -0.641. The van der Waals surface area contributed by atoms with Crippen LogP contribution in [0.4, 0.5) is 0 Å². The van der Waals surface area contributed by atoms with Crippen molar-refractivity contribution in [3.63, 3.8) is 0 Å². The number of amides is 1. The minimum Gasteiger partial charge on any atom is -0.467 e. The number of alkyl halides is 1. The van der Waals surface area contributed by atoms with Crippen LogP contribution in [0.3, 0.4) is 0 Å². The number of para-hydroxylation sites is 1. The number of H-pyrrole nitrogens is 1. The van der Waals surface area contributed by atoms with E-state index < -0.39 is 12.0 Å². The van der Waals surface area contributed by atoms with Crippen molar-refractivity contribution in [3.8, 4) is 0 Å². The number of aromatic amines is 1. The summed E-state index contributed by atoms with van der Waals surface area (Å²) in [6, 6.07) is 7.02. The summed E-state index contributed by atoms with van der Waals surface area (Å²) in [7, 11) is 1.33. The Labute approximate surface area is 133 Å². The third-order valence-corrected chi connectivity index (χ3v) is 4.52. The molecule has 116 valence electrons. The number of benzene rings is 1. The number of methoxy groups -OCH3 is 1. The van der Waals surface area contributed by atoms with Crippen LogP contribution < -0.4 is 0 Å². The van der Waals surface area contributed by atoms with Crippen molar-refractivity contribution in [2.75, 3.05) is 13.0 Å². The molecule has 0 radical (unpaired) electrons. The number of ether oxygens (including phenoxy) is 1. The number of hydrogen-bond donors (Lipinski definition) is 1. The molecule has 0 saturated heterocycles. The fourth-order valence-electron chi connectivity index (χ4n) is 3.29. The fraction of sp³-hybridized carbons (Fsp3) is 0.375. The summed E-state index contributed by atoms with van der Waals surface area (Å²) in [6.45, 7) is 1.90. The van der Waals surface area contributed by atoms with Gasteiger partial charge in [-0.2, -0.15) is 0 Å². The number of hydrogen-bond acceptors (Lipinski definition) is 3. The van der Waals surface area contributed by atoms with Gasteiger partial charge in [0.1, 0.15) is 11.9 Å². The number of carbonyl (C=O) groups excluding carboxylic acids is 2. The quantitative estimate of drug-likeness (QED) is 0.682. The molecule has 1 aromatic heterocycles. The Hall–Kier alpha value is -2.01. The number of rotatable bonds is 2. The van der Waals surface area contributed by atoms with Gasteiger partial charge in [0.25, 0.3) is 0 Å². The molecule has 1 N–H and O–H groups in total. The van der Waals surface area contributed by atoms with Crippen LogP contribution in [0.2, 0.25) is 0 Å². The maximum absolute atomic E-state index is 12.2. The average Bonchev–Trinajstić information content (AvgIpc) is 2.92. The molecule has 0 saturated carbocycles. The van der Waals surface area contributed by atoms with Crippen molar-refractivity contribution in [2.24, 2.45) is 0 Å². The van der Waals surface area contributed by atoms with Crippen LogP contribution in [-0.4, -0.2) is 40.8 Å². The second-order valence-electron chi connectivity index (χ2n) is 5.42. The van der Waals surface area contributed by atoms with Crippen LogP contribution in [0.5, 0.6) is 0 Å². The summed E-state index contributed by atoms with van der Waals surface area (Å²) >= 11 is 5.72. The molecule has 2 atom stereocenters. The van der Waals surface area contributed by atoms with E-state index in [0.717, 1.165) is 22.2 Å². The highest BCUT2D eigenvalue weighted by molar-refractivity contribution is 6.27. The zero-order chi connectivity index (χ0) is 15.9. The Morgan fingerprint density at radius 2 is 2.14 bits per heavy atom. The Kier molecular flexibility index (Phi) is 3.83. The maximum Gasteiger partial charge on any atom is 0.328 e. The number of aromatic nitrogens is 1. The lowest BCUT2D eigenvalue weighted by molar-refractivity contribution is -0.154. The molecule has 22 heavy (non-hydrogen) atoms. The van der Waals surface area contributed by atoms with E-state index >= 15 is 0 Å². The van der Waals surface area contributed by atoms with E-state index in [-0.39, 0.29) is 17.8 Å². The van der Waals surface area contributed by atoms with Crippen LogP contribution in [0.15, 0.2) is 24.3 Å². The van der Waals surface area contributed by atoms with Crippen molar-refractivity contribution in [1.82, 2.24) is 9.88 Å². The lowest BCUT2D eigenvalue weighted by Gasteiger charge is -2.38. The summed E-state index contributed by atoms with van der Waals surface area (Å²) in [5.41, 5.74) is 3.03. The monoisotopic (exact) mass is 320 g/mol. The number of nitrogens with one attached hydrogen (secondary N) is 1. The van der Waals surface area contributed by atoms with Gasteiger partial charge < -0.3 is 14.6 Å². The number of halogens is 1. The van der Waals surface area contributed by atoms with Crippen LogP contribution in [0, 0.1) is 0 Å². The average molecular weight is 321 g/mol. The van der Waals surface area contributed by atoms with Gasteiger partial charge in [0.05, 0.1) is 13.2 Å². The molecule has 1 aliphatic rings. The molecule has 3 rings (SSSR count). The van der Waals surface area contributed by atoms with Crippen molar-refractivity contribution >= 4 is 34.4 Å². The maximum atomic E-state index is 12.2. The lowest BCUT2D eigenvalue weighted by atomic mass is 9.92. The summed E-state index contributed by atoms with van der Waals surface area (Å²) < 4.78 is 4.88. The molecule has 0 bridgehead atoms. The number of carbonyl (C=O) groups is 2. The molecule has 0 fully saturated rings. The third kappa shape index (κ3) is 2.16. The summed E-state index contributed by atoms with van der Waals surface area (Å²) in [4.78, 5) is 29.2. The van der Waals surface area contributed by atoms with E-state index in [9.17, 15) is 9.59 Å². The second-order valence-corrected chi connectivity index (χ2v) is 5.68. The molecular weight excluding hydrogens is 304 g/mol. The molecule has 1 aliphatic heterocycles. The molecule has 1 amide bonds. The smallest absolute Gasteiger partial charge is 0.328 e. The van der Waals surface area contributed by atoms with Crippen molar-refractivity contribution in [3.05, 3.63) is 35.5 Å². The first kappa shape index (κ1) is 14.9. The van der Waals surface area contributed by atoms with E-state index in [1.807, 2.05) is 31.2 Å². The number of fused-ring (bicyclic) bond motifs is 3. The van der Waals surface area contributed by atoms with Gasteiger partial charge in [-0.3, -0.25) is 4.79 Å². The highest BCUT2D eigenvalue weighted by atomic mass is 35.5. The topological polar surface area (TPSA) is 62.4 Å². The SMILES string of the molecule is COC(=O)C1Cc2c([nH]c3ccccc23)C(C)N1C(=O)CCl. The van der Waals surface area contributed by atoms with Crippen molar-refractivity contribution in [2.45, 2.75) is 25.4 Å². The predicted molar refractivity (Wildman–Crippen MR) is 83.8 cm³/mol. The van der Waals surface area contributed by atoms with Gasteiger partial charge in [0.2, 0.25) is 5.91 Å². The Morgan fingerprint density at radius 3 is 2.82 bits per heavy atom. The lowest BCUT2D eigenvalue weighted by Crippen LogP contribution is -2.51. The Bertz CT molecular complexity index is 740. The van der Waals surface area contributed by atoms with Crippen LogP contribution >= 0.6 is 11.6 Å². The van der Waals surface area contributed by atoms with Gasteiger partial charge in [-0.05, 0) is 18.6 Å². The standard InChI is InChI=1S/C16H17ClN2O3/c1-9-15-11(10-5-3-4-6-12(10)18-15)7-13(16(21)22-2)19(9)14(20)8-17/h3-6,9,13,18H,7-8H2,1-2H3. The zero-order valence-electron chi connectivity index (χ0n) is 12.4. The zero-order valence-corrected chi connectivity index (χ0v) is 13.2. The Balaban J connectivity index is 2.14. The molecule has 2 aromatic rings. The van der Waals surface area contributed by atoms with Gasteiger partial charge in [0, 0.05) is 23.0 Å². The molecule has 6 heteroatoms. The van der Waals surface area contributed by atoms with Gasteiger partial charge in [-0.15, -0.1) is 11.6 Å². The van der Waals surface area contributed by atoms with Gasteiger partial charge in [0.15, 0.2) is 0 Å². The normalized spacial score (nSPS) is 20.8. The molecule has 2 heterocycles. The largest absolute Gasteiger partial charge is 0.467 e. The second kappa shape index (κ2) is 5.65. The first-order valence-corrected chi connectivity index (χ1v) is 7.66. The molecular formula is C16H17ClN2O3. The summed E-state index contributed by atoms with van der Waals surface area (Å²) in [5, 5.41) is 1.08. The fourth-order valence-corrected chi connectivity index (χ4v) is 3.43. The van der Waals surface area contributed by atoms with E-state index in [0.29, 0.717) is 6.42 Å². The highest BCUT2D eigenvalue weighted by Gasteiger charge is 2.40. The molecule has 0 spiro atoms. The first-order valence-electron chi connectivity index (χ1n) is 7.13. The summed E-state index contributed by atoms with van der Waals surface area (Å²) in [6.07, 6.45) is 0.430. The molecule has 2 unspecified atom stereocenters. The van der Waals surface area contributed by atoms with Crippen molar-refractivity contribution in [1.29, 1.82) is 0 Å². The first-order chi connectivity index (χ1) is 10.6. The van der Waals surface area contributed by atoms with Gasteiger partial charge >= 0.3 is 5.97 Å². The third-order valence-electron chi connectivity index (χ3n) is 4.29. The number of nitrogens with zero attached hydrogens (tertiary/aromatic N) is 1. The van der Waals surface area contributed by atoms with Gasteiger partial charge in [-0.1, -0.05) is 18.2 Å². The predicted octanol–water partition coefficient (Wildman–Crippen LogP) is 2.39. The van der Waals surface area contributed by atoms with E-state index in [1.54, 1.807) is 0 Å².